The molecule has 0 radical (unpaired) electrons. The van der Waals surface area contributed by atoms with E-state index in [2.05, 4.69) is 20.1 Å². The summed E-state index contributed by atoms with van der Waals surface area (Å²) < 4.78 is 26.7. The number of hydrogen-bond acceptors (Lipinski definition) is 7. The second-order valence-corrected chi connectivity index (χ2v) is 7.29. The van der Waals surface area contributed by atoms with E-state index >= 15 is 0 Å². The Labute approximate surface area is 131 Å². The van der Waals surface area contributed by atoms with Crippen LogP contribution in [0.1, 0.15) is 10.7 Å². The number of nitrogens with zero attached hydrogens (tertiary/aromatic N) is 2. The number of nitrogens with two attached hydrogens (primary N) is 1. The molecule has 0 saturated carbocycles. The third-order valence-electron chi connectivity index (χ3n) is 2.56. The van der Waals surface area contributed by atoms with Crippen LogP contribution < -0.4 is 16.0 Å². The Bertz CT molecular complexity index is 732. The molecule has 0 aliphatic heterocycles. The number of anilines is 1. The number of aromatic nitrogens is 2. The second kappa shape index (κ2) is 6.67. The van der Waals surface area contributed by atoms with Crippen molar-refractivity contribution in [1.29, 1.82) is 0 Å². The first kappa shape index (κ1) is 16.1. The molecule has 2 heterocycles. The number of thiazole rings is 1. The van der Waals surface area contributed by atoms with Crippen molar-refractivity contribution in [2.75, 3.05) is 12.0 Å². The van der Waals surface area contributed by atoms with E-state index in [0.29, 0.717) is 6.42 Å². The SMILES string of the molecule is Cc1csc(CCNS(=O)(=O)c2cnc(NN)c(Cl)c2)n1. The minimum atomic E-state index is -3.66. The molecule has 0 amide bonds. The van der Waals surface area contributed by atoms with Gasteiger partial charge in [0, 0.05) is 30.2 Å². The molecule has 2 aromatic rings. The van der Waals surface area contributed by atoms with Crippen LogP contribution in [0.5, 0.6) is 0 Å². The number of nitrogen functional groups attached to an aromatic ring is 1. The van der Waals surface area contributed by atoms with Crippen LogP contribution in [0.3, 0.4) is 0 Å². The lowest BCUT2D eigenvalue weighted by Crippen LogP contribution is -2.26. The van der Waals surface area contributed by atoms with Crippen molar-refractivity contribution in [2.24, 2.45) is 5.84 Å². The van der Waals surface area contributed by atoms with Crippen molar-refractivity contribution in [2.45, 2.75) is 18.2 Å². The number of halogens is 1. The normalized spacial score (nSPS) is 11.6. The summed E-state index contributed by atoms with van der Waals surface area (Å²) in [5.74, 6) is 5.41. The number of aryl methyl sites for hydroxylation is 1. The zero-order valence-electron chi connectivity index (χ0n) is 11.1. The molecule has 2 rings (SSSR count). The van der Waals surface area contributed by atoms with Gasteiger partial charge in [0.05, 0.1) is 10.0 Å². The summed E-state index contributed by atoms with van der Waals surface area (Å²) in [4.78, 5) is 8.09. The molecule has 7 nitrogen and oxygen atoms in total. The third kappa shape index (κ3) is 4.11. The summed E-state index contributed by atoms with van der Waals surface area (Å²) in [7, 11) is -3.66. The van der Waals surface area contributed by atoms with Gasteiger partial charge in [-0.1, -0.05) is 11.6 Å². The summed E-state index contributed by atoms with van der Waals surface area (Å²) in [5.41, 5.74) is 3.21. The number of rotatable bonds is 6. The van der Waals surface area contributed by atoms with Crippen LogP contribution in [0.25, 0.3) is 0 Å². The van der Waals surface area contributed by atoms with Gasteiger partial charge < -0.3 is 5.43 Å². The molecule has 0 saturated heterocycles. The summed E-state index contributed by atoms with van der Waals surface area (Å²) in [6, 6.07) is 1.29. The van der Waals surface area contributed by atoms with Gasteiger partial charge >= 0.3 is 0 Å². The minimum absolute atomic E-state index is 0.0122. The summed E-state index contributed by atoms with van der Waals surface area (Å²) >= 11 is 7.36. The largest absolute Gasteiger partial charge is 0.307 e. The molecule has 0 aromatic carbocycles. The molecular formula is C11H14ClN5O2S2. The van der Waals surface area contributed by atoms with Crippen LogP contribution in [-0.4, -0.2) is 24.9 Å². The van der Waals surface area contributed by atoms with Crippen molar-refractivity contribution < 1.29 is 8.42 Å². The Balaban J connectivity index is 2.02. The predicted octanol–water partition coefficient (Wildman–Crippen LogP) is 1.31. The average Bonchev–Trinajstić information content (AvgIpc) is 2.84. The number of hydrogen-bond donors (Lipinski definition) is 3. The van der Waals surface area contributed by atoms with Crippen molar-refractivity contribution in [3.05, 3.63) is 33.4 Å². The van der Waals surface area contributed by atoms with Crippen LogP contribution >= 0.6 is 22.9 Å². The standard InChI is InChI=1S/C11H14ClN5O2S2/c1-7-6-20-10(16-7)2-3-15-21(18,19)8-4-9(12)11(17-13)14-5-8/h4-6,15H,2-3,13H2,1H3,(H,14,17). The van der Waals surface area contributed by atoms with E-state index in [1.54, 1.807) is 0 Å². The van der Waals surface area contributed by atoms with Gasteiger partial charge in [-0.3, -0.25) is 0 Å². The molecule has 0 spiro atoms. The molecule has 0 aliphatic rings. The molecule has 0 fully saturated rings. The summed E-state index contributed by atoms with van der Waals surface area (Å²) in [6.45, 7) is 2.15. The Morgan fingerprint density at radius 3 is 2.81 bits per heavy atom. The van der Waals surface area contributed by atoms with E-state index in [-0.39, 0.29) is 22.3 Å². The number of hydrazine groups is 1. The quantitative estimate of drug-likeness (QED) is 0.536. The van der Waals surface area contributed by atoms with Crippen LogP contribution in [0, 0.1) is 6.92 Å². The van der Waals surface area contributed by atoms with E-state index in [1.807, 2.05) is 12.3 Å². The Hall–Kier alpha value is -1.26. The number of sulfonamides is 1. The van der Waals surface area contributed by atoms with Crippen LogP contribution in [0.2, 0.25) is 5.02 Å². The van der Waals surface area contributed by atoms with Crippen LogP contribution in [-0.2, 0) is 16.4 Å². The van der Waals surface area contributed by atoms with Gasteiger partial charge in [-0.2, -0.15) is 0 Å². The minimum Gasteiger partial charge on any atom is -0.307 e. The molecule has 0 unspecified atom stereocenters. The lowest BCUT2D eigenvalue weighted by Gasteiger charge is -2.07. The first-order valence-electron chi connectivity index (χ1n) is 5.95. The summed E-state index contributed by atoms with van der Waals surface area (Å²) in [6.07, 6.45) is 1.72. The molecule has 10 heteroatoms. The van der Waals surface area contributed by atoms with Crippen LogP contribution in [0.4, 0.5) is 5.82 Å². The maximum absolute atomic E-state index is 12.1. The Morgan fingerprint density at radius 2 is 2.24 bits per heavy atom. The fraction of sp³-hybridized carbons (Fsp3) is 0.273. The average molecular weight is 348 g/mol. The van der Waals surface area contributed by atoms with Crippen LogP contribution in [0.15, 0.2) is 22.5 Å². The van der Waals surface area contributed by atoms with Crippen molar-refractivity contribution in [1.82, 2.24) is 14.7 Å². The highest BCUT2D eigenvalue weighted by Crippen LogP contribution is 2.21. The van der Waals surface area contributed by atoms with E-state index in [4.69, 9.17) is 17.4 Å². The topological polar surface area (TPSA) is 110 Å². The number of pyridine rings is 1. The Morgan fingerprint density at radius 1 is 1.48 bits per heavy atom. The molecule has 2 aromatic heterocycles. The fourth-order valence-electron chi connectivity index (χ4n) is 1.57. The fourth-order valence-corrected chi connectivity index (χ4v) is 3.63. The van der Waals surface area contributed by atoms with Gasteiger partial charge in [-0.25, -0.2) is 29.0 Å². The van der Waals surface area contributed by atoms with Gasteiger partial charge in [0.25, 0.3) is 0 Å². The predicted molar refractivity (Wildman–Crippen MR) is 82.8 cm³/mol. The summed E-state index contributed by atoms with van der Waals surface area (Å²) in [5, 5.41) is 2.94. The van der Waals surface area contributed by atoms with Gasteiger partial charge in [0.15, 0.2) is 5.82 Å². The van der Waals surface area contributed by atoms with E-state index in [1.165, 1.54) is 23.6 Å². The molecule has 0 aliphatic carbocycles. The molecule has 0 atom stereocenters. The maximum Gasteiger partial charge on any atom is 0.242 e. The number of nitrogens with one attached hydrogen (secondary N) is 2. The van der Waals surface area contributed by atoms with E-state index in [9.17, 15) is 8.42 Å². The van der Waals surface area contributed by atoms with Crippen molar-refractivity contribution in [3.8, 4) is 0 Å². The smallest absolute Gasteiger partial charge is 0.242 e. The first-order chi connectivity index (χ1) is 9.92. The van der Waals surface area contributed by atoms with Crippen molar-refractivity contribution in [3.63, 3.8) is 0 Å². The van der Waals surface area contributed by atoms with E-state index < -0.39 is 10.0 Å². The molecule has 0 bridgehead atoms. The molecular weight excluding hydrogens is 334 g/mol. The highest BCUT2D eigenvalue weighted by molar-refractivity contribution is 7.89. The third-order valence-corrected chi connectivity index (χ3v) is 5.30. The molecule has 114 valence electrons. The van der Waals surface area contributed by atoms with Gasteiger partial charge in [-0.15, -0.1) is 11.3 Å². The monoisotopic (exact) mass is 347 g/mol. The van der Waals surface area contributed by atoms with Gasteiger partial charge in [0.1, 0.15) is 4.90 Å². The lowest BCUT2D eigenvalue weighted by atomic mass is 10.4. The maximum atomic E-state index is 12.1. The zero-order chi connectivity index (χ0) is 15.5. The van der Waals surface area contributed by atoms with Gasteiger partial charge in [-0.05, 0) is 13.0 Å². The zero-order valence-corrected chi connectivity index (χ0v) is 13.5. The highest BCUT2D eigenvalue weighted by atomic mass is 35.5. The van der Waals surface area contributed by atoms with Gasteiger partial charge in [0.2, 0.25) is 10.0 Å². The highest BCUT2D eigenvalue weighted by Gasteiger charge is 2.16. The Kier molecular flexibility index (Phi) is 5.12. The second-order valence-electron chi connectivity index (χ2n) is 4.18. The van der Waals surface area contributed by atoms with Crippen molar-refractivity contribution >= 4 is 38.8 Å². The first-order valence-corrected chi connectivity index (χ1v) is 8.69. The molecule has 21 heavy (non-hydrogen) atoms. The molecule has 4 N–H and O–H groups in total. The van der Waals surface area contributed by atoms with E-state index in [0.717, 1.165) is 10.7 Å². The lowest BCUT2D eigenvalue weighted by molar-refractivity contribution is 0.581.